The third-order valence-corrected chi connectivity index (χ3v) is 4.40. The molecule has 0 aliphatic heterocycles. The van der Waals surface area contributed by atoms with Gasteiger partial charge in [-0.15, -0.1) is 0 Å². The predicted octanol–water partition coefficient (Wildman–Crippen LogP) is 1.92. The zero-order chi connectivity index (χ0) is 17.3. The van der Waals surface area contributed by atoms with Crippen molar-refractivity contribution in [3.8, 4) is 0 Å². The smallest absolute Gasteiger partial charge is 0.254 e. The molecule has 1 amide bonds. The van der Waals surface area contributed by atoms with E-state index >= 15 is 0 Å². The first-order valence-electron chi connectivity index (χ1n) is 7.93. The zero-order valence-electron chi connectivity index (χ0n) is 13.8. The summed E-state index contributed by atoms with van der Waals surface area (Å²) in [5.74, 6) is 0.207. The Balaban J connectivity index is 1.85. The van der Waals surface area contributed by atoms with Crippen LogP contribution in [0.4, 0.5) is 17.5 Å². The van der Waals surface area contributed by atoms with E-state index in [1.165, 1.54) is 6.20 Å². The minimum Gasteiger partial charge on any atom is -0.365 e. The lowest BCUT2D eigenvalue weighted by atomic mass is 10.1. The SMILES string of the molecule is Cc1ccc(Nc2nc(NC(C)C3(N)CC3)ncc2C(N)=O)cc1. The van der Waals surface area contributed by atoms with Crippen molar-refractivity contribution in [1.82, 2.24) is 9.97 Å². The summed E-state index contributed by atoms with van der Waals surface area (Å²) in [5, 5.41) is 6.33. The van der Waals surface area contributed by atoms with Crippen LogP contribution in [0.3, 0.4) is 0 Å². The molecule has 7 nitrogen and oxygen atoms in total. The molecule has 0 bridgehead atoms. The number of carbonyl (C=O) groups excluding carboxylic acids is 1. The van der Waals surface area contributed by atoms with Gasteiger partial charge in [-0.3, -0.25) is 4.79 Å². The van der Waals surface area contributed by atoms with Crippen molar-refractivity contribution in [2.45, 2.75) is 38.3 Å². The van der Waals surface area contributed by atoms with Gasteiger partial charge in [0.25, 0.3) is 5.91 Å². The number of nitrogens with one attached hydrogen (secondary N) is 2. The highest BCUT2D eigenvalue weighted by molar-refractivity contribution is 5.98. The Kier molecular flexibility index (Phi) is 4.11. The highest BCUT2D eigenvalue weighted by atomic mass is 16.1. The van der Waals surface area contributed by atoms with E-state index in [4.69, 9.17) is 11.5 Å². The Morgan fingerprint density at radius 1 is 1.29 bits per heavy atom. The van der Waals surface area contributed by atoms with Gasteiger partial charge in [-0.05, 0) is 38.8 Å². The van der Waals surface area contributed by atoms with Crippen LogP contribution in [-0.2, 0) is 0 Å². The topological polar surface area (TPSA) is 119 Å². The minimum absolute atomic E-state index is 0.0455. The van der Waals surface area contributed by atoms with Gasteiger partial charge in [0.15, 0.2) is 0 Å². The number of primary amides is 1. The summed E-state index contributed by atoms with van der Waals surface area (Å²) in [6.45, 7) is 4.01. The maximum Gasteiger partial charge on any atom is 0.254 e. The van der Waals surface area contributed by atoms with Crippen LogP contribution >= 0.6 is 0 Å². The molecule has 0 saturated heterocycles. The molecule has 1 saturated carbocycles. The van der Waals surface area contributed by atoms with Crippen LogP contribution in [0.2, 0.25) is 0 Å². The van der Waals surface area contributed by atoms with Gasteiger partial charge in [-0.1, -0.05) is 17.7 Å². The zero-order valence-corrected chi connectivity index (χ0v) is 13.8. The molecular formula is C17H22N6O. The monoisotopic (exact) mass is 326 g/mol. The third kappa shape index (κ3) is 3.46. The molecule has 0 radical (unpaired) electrons. The normalized spacial score (nSPS) is 16.3. The van der Waals surface area contributed by atoms with E-state index in [1.807, 2.05) is 38.1 Å². The lowest BCUT2D eigenvalue weighted by Gasteiger charge is -2.20. The van der Waals surface area contributed by atoms with Crippen LogP contribution in [-0.4, -0.2) is 27.5 Å². The number of anilines is 3. The molecule has 1 aliphatic carbocycles. The Morgan fingerprint density at radius 2 is 1.96 bits per heavy atom. The molecule has 3 rings (SSSR count). The fraction of sp³-hybridized carbons (Fsp3) is 0.353. The van der Waals surface area contributed by atoms with Gasteiger partial charge in [0, 0.05) is 23.5 Å². The molecule has 1 heterocycles. The summed E-state index contributed by atoms with van der Waals surface area (Å²) in [6, 6.07) is 7.82. The summed E-state index contributed by atoms with van der Waals surface area (Å²) >= 11 is 0. The predicted molar refractivity (Wildman–Crippen MR) is 94.2 cm³/mol. The van der Waals surface area contributed by atoms with Gasteiger partial charge >= 0.3 is 0 Å². The Hall–Kier alpha value is -2.67. The molecule has 1 fully saturated rings. The van der Waals surface area contributed by atoms with Gasteiger partial charge in [-0.25, -0.2) is 4.98 Å². The van der Waals surface area contributed by atoms with Crippen molar-refractivity contribution >= 4 is 23.4 Å². The number of nitrogens with two attached hydrogens (primary N) is 2. The molecule has 24 heavy (non-hydrogen) atoms. The highest BCUT2D eigenvalue weighted by Gasteiger charge is 2.43. The summed E-state index contributed by atoms with van der Waals surface area (Å²) in [4.78, 5) is 20.2. The first kappa shape index (κ1) is 16.2. The number of nitrogens with zero attached hydrogens (tertiary/aromatic N) is 2. The molecular weight excluding hydrogens is 304 g/mol. The number of aryl methyl sites for hydroxylation is 1. The third-order valence-electron chi connectivity index (χ3n) is 4.40. The van der Waals surface area contributed by atoms with E-state index in [0.29, 0.717) is 11.8 Å². The van der Waals surface area contributed by atoms with Gasteiger partial charge in [0.05, 0.1) is 0 Å². The van der Waals surface area contributed by atoms with E-state index in [0.717, 1.165) is 24.1 Å². The van der Waals surface area contributed by atoms with Crippen molar-refractivity contribution in [1.29, 1.82) is 0 Å². The molecule has 1 aromatic heterocycles. The van der Waals surface area contributed by atoms with Crippen LogP contribution in [0.5, 0.6) is 0 Å². The van der Waals surface area contributed by atoms with Crippen LogP contribution in [0.25, 0.3) is 0 Å². The molecule has 1 aliphatic rings. The quantitative estimate of drug-likeness (QED) is 0.644. The Bertz CT molecular complexity index is 754. The molecule has 1 aromatic carbocycles. The first-order valence-corrected chi connectivity index (χ1v) is 7.93. The van der Waals surface area contributed by atoms with Crippen molar-refractivity contribution in [2.24, 2.45) is 11.5 Å². The number of hydrogen-bond acceptors (Lipinski definition) is 6. The van der Waals surface area contributed by atoms with Crippen molar-refractivity contribution < 1.29 is 4.79 Å². The molecule has 0 spiro atoms. The van der Waals surface area contributed by atoms with Gasteiger partial charge in [0.1, 0.15) is 11.4 Å². The number of amides is 1. The van der Waals surface area contributed by atoms with Crippen LogP contribution in [0.15, 0.2) is 30.5 Å². The average molecular weight is 326 g/mol. The molecule has 7 heteroatoms. The second-order valence-electron chi connectivity index (χ2n) is 6.41. The van der Waals surface area contributed by atoms with Crippen LogP contribution in [0, 0.1) is 6.92 Å². The van der Waals surface area contributed by atoms with E-state index in [-0.39, 0.29) is 17.1 Å². The van der Waals surface area contributed by atoms with Crippen LogP contribution in [0.1, 0.15) is 35.7 Å². The second-order valence-corrected chi connectivity index (χ2v) is 6.41. The first-order chi connectivity index (χ1) is 11.4. The maximum absolute atomic E-state index is 11.6. The fourth-order valence-electron chi connectivity index (χ4n) is 2.42. The van der Waals surface area contributed by atoms with E-state index < -0.39 is 5.91 Å². The van der Waals surface area contributed by atoms with Crippen molar-refractivity contribution in [3.63, 3.8) is 0 Å². The summed E-state index contributed by atoms with van der Waals surface area (Å²) in [7, 11) is 0. The Morgan fingerprint density at radius 3 is 2.54 bits per heavy atom. The number of hydrogen-bond donors (Lipinski definition) is 4. The molecule has 1 atom stereocenters. The van der Waals surface area contributed by atoms with Crippen LogP contribution < -0.4 is 22.1 Å². The standard InChI is InChI=1S/C17H22N6O/c1-10-3-5-12(6-4-10)22-15-13(14(18)24)9-20-16(23-15)21-11(2)17(19)7-8-17/h3-6,9,11H,7-8,19H2,1-2H3,(H2,18,24)(H2,20,21,22,23). The number of aromatic nitrogens is 2. The lowest BCUT2D eigenvalue weighted by Crippen LogP contribution is -2.40. The summed E-state index contributed by atoms with van der Waals surface area (Å²) in [6.07, 6.45) is 3.39. The minimum atomic E-state index is -0.582. The maximum atomic E-state index is 11.6. The Labute approximate surface area is 140 Å². The number of rotatable bonds is 6. The van der Waals surface area contributed by atoms with Crippen molar-refractivity contribution in [2.75, 3.05) is 10.6 Å². The van der Waals surface area contributed by atoms with Gasteiger partial charge in [0.2, 0.25) is 5.95 Å². The molecule has 2 aromatic rings. The lowest BCUT2D eigenvalue weighted by molar-refractivity contribution is 0.100. The van der Waals surface area contributed by atoms with E-state index in [2.05, 4.69) is 20.6 Å². The van der Waals surface area contributed by atoms with Gasteiger partial charge < -0.3 is 22.1 Å². The average Bonchev–Trinajstić information content (AvgIpc) is 3.29. The van der Waals surface area contributed by atoms with Crippen molar-refractivity contribution in [3.05, 3.63) is 41.6 Å². The van der Waals surface area contributed by atoms with E-state index in [1.54, 1.807) is 0 Å². The summed E-state index contributed by atoms with van der Waals surface area (Å²) in [5.41, 5.74) is 13.6. The second kappa shape index (κ2) is 6.09. The summed E-state index contributed by atoms with van der Waals surface area (Å²) < 4.78 is 0. The van der Waals surface area contributed by atoms with E-state index in [9.17, 15) is 4.79 Å². The largest absolute Gasteiger partial charge is 0.365 e. The number of benzene rings is 1. The fourth-order valence-corrected chi connectivity index (χ4v) is 2.42. The number of carbonyl (C=O) groups is 1. The molecule has 126 valence electrons. The molecule has 1 unspecified atom stereocenters. The highest BCUT2D eigenvalue weighted by Crippen LogP contribution is 2.36. The van der Waals surface area contributed by atoms with Gasteiger partial charge in [-0.2, -0.15) is 4.98 Å². The molecule has 6 N–H and O–H groups in total.